The standard InChI is InChI=1S/C37H60N2O10/c1-5-22-16-20(7-11-26(22)32(39-47)29-18-24(36(45)48-3)9-12-27(29)34(41)42)15-21-8-14-31(23(6-2)17-21)38-33(40)30-19-25(37(46)49-4)10-13-28(30)35(43)44/h20-32,39,47H,5-19H2,1-4H3,(H,38,40)(H,41,42)(H,43,44). The van der Waals surface area contributed by atoms with Crippen LogP contribution in [0.1, 0.15) is 110 Å². The van der Waals surface area contributed by atoms with Crippen molar-refractivity contribution in [2.24, 2.45) is 65.1 Å². The predicted octanol–water partition coefficient (Wildman–Crippen LogP) is 5.06. The van der Waals surface area contributed by atoms with Crippen molar-refractivity contribution in [1.29, 1.82) is 0 Å². The topological polar surface area (TPSA) is 189 Å². The number of carbonyl (C=O) groups is 5. The van der Waals surface area contributed by atoms with E-state index in [0.717, 1.165) is 57.8 Å². The molecule has 4 fully saturated rings. The number of esters is 2. The molecule has 0 heterocycles. The molecule has 0 aromatic carbocycles. The molecule has 0 radical (unpaired) electrons. The molecule has 5 N–H and O–H groups in total. The molecule has 4 aliphatic carbocycles. The number of nitrogens with one attached hydrogen (secondary N) is 2. The maximum Gasteiger partial charge on any atom is 0.308 e. The zero-order valence-electron chi connectivity index (χ0n) is 29.8. The van der Waals surface area contributed by atoms with Crippen LogP contribution in [0.3, 0.4) is 0 Å². The summed E-state index contributed by atoms with van der Waals surface area (Å²) in [5, 5.41) is 33.5. The first-order chi connectivity index (χ1) is 23.4. The number of carboxylic acid groups (broad SMARTS) is 2. The minimum absolute atomic E-state index is 0.0244. The van der Waals surface area contributed by atoms with Crippen molar-refractivity contribution in [3.63, 3.8) is 0 Å². The Labute approximate surface area is 290 Å². The summed E-state index contributed by atoms with van der Waals surface area (Å²) in [5.74, 6) is -4.44. The zero-order chi connectivity index (χ0) is 35.8. The normalized spacial score (nSPS) is 37.3. The first-order valence-corrected chi connectivity index (χ1v) is 18.8. The van der Waals surface area contributed by atoms with Gasteiger partial charge < -0.3 is 30.2 Å². The number of ether oxygens (including phenoxy) is 2. The van der Waals surface area contributed by atoms with Gasteiger partial charge in [-0.3, -0.25) is 24.0 Å². The van der Waals surface area contributed by atoms with E-state index in [0.29, 0.717) is 43.4 Å². The molecular formula is C37H60N2O10. The van der Waals surface area contributed by atoms with Crippen molar-refractivity contribution in [3.8, 4) is 0 Å². The summed E-state index contributed by atoms with van der Waals surface area (Å²) in [6, 6.07) is -0.431. The molecule has 4 aliphatic rings. The van der Waals surface area contributed by atoms with Gasteiger partial charge >= 0.3 is 23.9 Å². The van der Waals surface area contributed by atoms with E-state index in [1.807, 2.05) is 0 Å². The van der Waals surface area contributed by atoms with Gasteiger partial charge in [-0.25, -0.2) is 5.48 Å². The Morgan fingerprint density at radius 3 is 1.76 bits per heavy atom. The third kappa shape index (κ3) is 9.34. The Hall–Kier alpha value is -2.73. The number of rotatable bonds is 13. The lowest BCUT2D eigenvalue weighted by Gasteiger charge is -2.46. The van der Waals surface area contributed by atoms with Gasteiger partial charge in [-0.05, 0) is 113 Å². The molecular weight excluding hydrogens is 632 g/mol. The number of carbonyl (C=O) groups excluding carboxylic acids is 3. The monoisotopic (exact) mass is 692 g/mol. The number of amides is 1. The number of hydroxylamine groups is 1. The molecule has 0 spiro atoms. The van der Waals surface area contributed by atoms with E-state index in [1.165, 1.54) is 14.2 Å². The molecule has 4 saturated carbocycles. The van der Waals surface area contributed by atoms with Crippen molar-refractivity contribution in [2.75, 3.05) is 14.2 Å². The summed E-state index contributed by atoms with van der Waals surface area (Å²) in [4.78, 5) is 62.4. The van der Waals surface area contributed by atoms with E-state index in [9.17, 15) is 39.4 Å². The molecule has 13 unspecified atom stereocenters. The molecule has 278 valence electrons. The quantitative estimate of drug-likeness (QED) is 0.128. The molecule has 0 aliphatic heterocycles. The fourth-order valence-corrected chi connectivity index (χ4v) is 10.5. The van der Waals surface area contributed by atoms with Crippen LogP contribution < -0.4 is 10.8 Å². The van der Waals surface area contributed by atoms with E-state index in [2.05, 4.69) is 24.6 Å². The number of hydrogen-bond donors (Lipinski definition) is 5. The van der Waals surface area contributed by atoms with E-state index in [-0.39, 0.29) is 60.4 Å². The van der Waals surface area contributed by atoms with Crippen LogP contribution in [0.4, 0.5) is 0 Å². The van der Waals surface area contributed by atoms with Crippen LogP contribution in [0, 0.1) is 65.1 Å². The molecule has 0 aromatic rings. The average Bonchev–Trinajstić information content (AvgIpc) is 3.11. The first kappa shape index (κ1) is 39.1. The third-order valence-electron chi connectivity index (χ3n) is 13.1. The van der Waals surface area contributed by atoms with Gasteiger partial charge in [0, 0.05) is 12.1 Å². The lowest BCUT2D eigenvalue weighted by atomic mass is 9.61. The van der Waals surface area contributed by atoms with Crippen molar-refractivity contribution in [1.82, 2.24) is 10.8 Å². The van der Waals surface area contributed by atoms with Crippen LogP contribution in [0.2, 0.25) is 0 Å². The highest BCUT2D eigenvalue weighted by molar-refractivity contribution is 5.86. The average molecular weight is 693 g/mol. The van der Waals surface area contributed by atoms with Gasteiger partial charge in [0.2, 0.25) is 5.91 Å². The van der Waals surface area contributed by atoms with Crippen molar-refractivity contribution in [3.05, 3.63) is 0 Å². The van der Waals surface area contributed by atoms with Gasteiger partial charge in [-0.15, -0.1) is 0 Å². The van der Waals surface area contributed by atoms with Crippen LogP contribution in [0.25, 0.3) is 0 Å². The van der Waals surface area contributed by atoms with Crippen LogP contribution in [0.5, 0.6) is 0 Å². The number of hydrogen-bond acceptors (Lipinski definition) is 9. The lowest BCUT2D eigenvalue weighted by Crippen LogP contribution is -2.51. The maximum atomic E-state index is 13.5. The highest BCUT2D eigenvalue weighted by atomic mass is 16.5. The second-order valence-corrected chi connectivity index (χ2v) is 15.6. The molecule has 0 bridgehead atoms. The van der Waals surface area contributed by atoms with E-state index in [1.54, 1.807) is 0 Å². The Kier molecular flexibility index (Phi) is 14.3. The van der Waals surface area contributed by atoms with Crippen LogP contribution in [0.15, 0.2) is 0 Å². The first-order valence-electron chi connectivity index (χ1n) is 18.8. The molecule has 12 heteroatoms. The third-order valence-corrected chi connectivity index (χ3v) is 13.1. The maximum absolute atomic E-state index is 13.5. The van der Waals surface area contributed by atoms with Gasteiger partial charge in [0.1, 0.15) is 0 Å². The summed E-state index contributed by atoms with van der Waals surface area (Å²) < 4.78 is 9.89. The van der Waals surface area contributed by atoms with E-state index >= 15 is 0 Å². The minimum atomic E-state index is -0.994. The Morgan fingerprint density at radius 2 is 1.20 bits per heavy atom. The summed E-state index contributed by atoms with van der Waals surface area (Å²) in [6.45, 7) is 4.30. The van der Waals surface area contributed by atoms with Crippen LogP contribution in [-0.4, -0.2) is 71.5 Å². The Balaban J connectivity index is 1.35. The summed E-state index contributed by atoms with van der Waals surface area (Å²) >= 11 is 0. The molecule has 12 nitrogen and oxygen atoms in total. The van der Waals surface area contributed by atoms with E-state index < -0.39 is 41.7 Å². The highest BCUT2D eigenvalue weighted by Crippen LogP contribution is 2.47. The fraction of sp³-hybridized carbons (Fsp3) is 0.865. The molecule has 0 saturated heterocycles. The van der Waals surface area contributed by atoms with Crippen LogP contribution in [-0.2, 0) is 33.4 Å². The smallest absolute Gasteiger partial charge is 0.308 e. The van der Waals surface area contributed by atoms with Crippen LogP contribution >= 0.6 is 0 Å². The SMILES string of the molecule is CCC1CC(CC2CCC(C(NO)C3CC(C(=O)OC)CCC3C(=O)O)C(CC)C2)CCC1NC(=O)C1CC(C(=O)OC)CCC1C(=O)O. The number of carboxylic acids is 2. The molecule has 13 atom stereocenters. The molecule has 0 aromatic heterocycles. The van der Waals surface area contributed by atoms with Gasteiger partial charge in [0.25, 0.3) is 0 Å². The minimum Gasteiger partial charge on any atom is -0.481 e. The van der Waals surface area contributed by atoms with E-state index in [4.69, 9.17) is 9.47 Å². The van der Waals surface area contributed by atoms with Gasteiger partial charge in [-0.2, -0.15) is 0 Å². The fourth-order valence-electron chi connectivity index (χ4n) is 10.5. The second kappa shape index (κ2) is 18.0. The summed E-state index contributed by atoms with van der Waals surface area (Å²) in [7, 11) is 2.68. The second-order valence-electron chi connectivity index (χ2n) is 15.6. The number of methoxy groups -OCH3 is 2. The highest BCUT2D eigenvalue weighted by Gasteiger charge is 2.47. The van der Waals surface area contributed by atoms with Gasteiger partial charge in [0.15, 0.2) is 0 Å². The Morgan fingerprint density at radius 1 is 0.653 bits per heavy atom. The van der Waals surface area contributed by atoms with Gasteiger partial charge in [-0.1, -0.05) is 33.1 Å². The van der Waals surface area contributed by atoms with Crippen molar-refractivity contribution >= 4 is 29.8 Å². The summed E-state index contributed by atoms with van der Waals surface area (Å²) in [6.07, 6.45) is 10.8. The number of aliphatic carboxylic acids is 2. The lowest BCUT2D eigenvalue weighted by molar-refractivity contribution is -0.155. The van der Waals surface area contributed by atoms with Crippen molar-refractivity contribution < 1.29 is 48.9 Å². The molecule has 49 heavy (non-hydrogen) atoms. The van der Waals surface area contributed by atoms with Gasteiger partial charge in [0.05, 0.1) is 43.8 Å². The predicted molar refractivity (Wildman–Crippen MR) is 179 cm³/mol. The molecule has 4 rings (SSSR count). The largest absolute Gasteiger partial charge is 0.481 e. The summed E-state index contributed by atoms with van der Waals surface area (Å²) in [5.41, 5.74) is 2.54. The Bertz CT molecular complexity index is 1160. The van der Waals surface area contributed by atoms with Crippen molar-refractivity contribution in [2.45, 2.75) is 122 Å². The zero-order valence-corrected chi connectivity index (χ0v) is 29.8. The molecule has 1 amide bonds.